The fourth-order valence-corrected chi connectivity index (χ4v) is 2.37. The summed E-state index contributed by atoms with van der Waals surface area (Å²) in [5, 5.41) is 6.64. The van der Waals surface area contributed by atoms with Crippen molar-refractivity contribution in [3.63, 3.8) is 0 Å². The van der Waals surface area contributed by atoms with E-state index < -0.39 is 0 Å². The zero-order valence-electron chi connectivity index (χ0n) is 13.2. The minimum absolute atomic E-state index is 0.785. The summed E-state index contributed by atoms with van der Waals surface area (Å²) < 4.78 is 0. The minimum atomic E-state index is 0.785. The van der Waals surface area contributed by atoms with Gasteiger partial charge in [0.25, 0.3) is 0 Å². The van der Waals surface area contributed by atoms with Gasteiger partial charge in [-0.3, -0.25) is 0 Å². The van der Waals surface area contributed by atoms with Crippen LogP contribution >= 0.6 is 0 Å². The molecule has 4 nitrogen and oxygen atoms in total. The topological polar surface area (TPSA) is 49.8 Å². The SMILES string of the molecule is Cc1cccc(Nc2cc(NCCc3ccccc3)ncn2)c1. The number of aryl methyl sites for hydroxylation is 1. The van der Waals surface area contributed by atoms with E-state index in [1.54, 1.807) is 6.33 Å². The van der Waals surface area contributed by atoms with Gasteiger partial charge in [-0.05, 0) is 36.6 Å². The molecule has 2 aromatic carbocycles. The lowest BCUT2D eigenvalue weighted by Crippen LogP contribution is -2.07. The number of benzene rings is 2. The Hall–Kier alpha value is -2.88. The number of nitrogens with one attached hydrogen (secondary N) is 2. The number of anilines is 3. The third kappa shape index (κ3) is 4.54. The second-order valence-corrected chi connectivity index (χ2v) is 5.45. The van der Waals surface area contributed by atoms with Crippen LogP contribution in [0.2, 0.25) is 0 Å². The second kappa shape index (κ2) is 7.40. The second-order valence-electron chi connectivity index (χ2n) is 5.45. The van der Waals surface area contributed by atoms with E-state index in [-0.39, 0.29) is 0 Å². The van der Waals surface area contributed by atoms with Crippen molar-refractivity contribution in [3.8, 4) is 0 Å². The van der Waals surface area contributed by atoms with Gasteiger partial charge >= 0.3 is 0 Å². The Bertz CT molecular complexity index is 756. The molecule has 23 heavy (non-hydrogen) atoms. The van der Waals surface area contributed by atoms with Crippen molar-refractivity contribution in [1.29, 1.82) is 0 Å². The first kappa shape index (κ1) is 15.0. The summed E-state index contributed by atoms with van der Waals surface area (Å²) in [5.41, 5.74) is 3.55. The summed E-state index contributed by atoms with van der Waals surface area (Å²) in [4.78, 5) is 8.54. The van der Waals surface area contributed by atoms with E-state index in [2.05, 4.69) is 63.9 Å². The lowest BCUT2D eigenvalue weighted by Gasteiger charge is -2.09. The highest BCUT2D eigenvalue weighted by molar-refractivity contribution is 5.59. The van der Waals surface area contributed by atoms with Crippen LogP contribution in [-0.4, -0.2) is 16.5 Å². The minimum Gasteiger partial charge on any atom is -0.370 e. The first-order valence-electron chi connectivity index (χ1n) is 7.73. The van der Waals surface area contributed by atoms with Gasteiger partial charge in [0.2, 0.25) is 0 Å². The van der Waals surface area contributed by atoms with Crippen molar-refractivity contribution in [1.82, 2.24) is 9.97 Å². The molecule has 1 heterocycles. The summed E-state index contributed by atoms with van der Waals surface area (Å²) in [6.07, 6.45) is 2.54. The van der Waals surface area contributed by atoms with Crippen molar-refractivity contribution in [2.24, 2.45) is 0 Å². The normalized spacial score (nSPS) is 10.3. The zero-order chi connectivity index (χ0) is 15.9. The van der Waals surface area contributed by atoms with Crippen LogP contribution in [0, 0.1) is 6.92 Å². The fraction of sp³-hybridized carbons (Fsp3) is 0.158. The summed E-state index contributed by atoms with van der Waals surface area (Å²) in [7, 11) is 0. The standard InChI is InChI=1S/C19H20N4/c1-15-6-5-9-17(12-15)23-19-13-18(21-14-22-19)20-11-10-16-7-3-2-4-8-16/h2-9,12-14H,10-11H2,1H3,(H2,20,21,22,23). The molecular formula is C19H20N4. The average molecular weight is 304 g/mol. The van der Waals surface area contributed by atoms with Crippen LogP contribution in [0.25, 0.3) is 0 Å². The molecule has 0 bridgehead atoms. The third-order valence-electron chi connectivity index (χ3n) is 3.52. The van der Waals surface area contributed by atoms with E-state index in [1.807, 2.05) is 24.3 Å². The van der Waals surface area contributed by atoms with E-state index in [4.69, 9.17) is 0 Å². The van der Waals surface area contributed by atoms with Crippen LogP contribution in [0.1, 0.15) is 11.1 Å². The summed E-state index contributed by atoms with van der Waals surface area (Å²) in [5.74, 6) is 1.61. The van der Waals surface area contributed by atoms with Gasteiger partial charge in [0, 0.05) is 18.3 Å². The monoisotopic (exact) mass is 304 g/mol. The molecule has 0 fully saturated rings. The molecule has 2 N–H and O–H groups in total. The maximum atomic E-state index is 4.27. The molecule has 4 heteroatoms. The summed E-state index contributed by atoms with van der Waals surface area (Å²) >= 11 is 0. The number of aromatic nitrogens is 2. The highest BCUT2D eigenvalue weighted by Crippen LogP contribution is 2.17. The Kier molecular flexibility index (Phi) is 4.84. The van der Waals surface area contributed by atoms with Crippen LogP contribution in [0.5, 0.6) is 0 Å². The largest absolute Gasteiger partial charge is 0.370 e. The molecule has 1 aromatic heterocycles. The molecule has 3 rings (SSSR count). The smallest absolute Gasteiger partial charge is 0.135 e. The molecule has 0 amide bonds. The van der Waals surface area contributed by atoms with Gasteiger partial charge < -0.3 is 10.6 Å². The van der Waals surface area contributed by atoms with Crippen LogP contribution in [0.15, 0.2) is 67.0 Å². The number of hydrogen-bond donors (Lipinski definition) is 2. The Labute approximate surface area is 136 Å². The first-order chi connectivity index (χ1) is 11.3. The number of nitrogens with zero attached hydrogens (tertiary/aromatic N) is 2. The highest BCUT2D eigenvalue weighted by atomic mass is 15.1. The maximum Gasteiger partial charge on any atom is 0.135 e. The first-order valence-corrected chi connectivity index (χ1v) is 7.73. The van der Waals surface area contributed by atoms with E-state index in [0.717, 1.165) is 30.3 Å². The Morgan fingerprint density at radius 1 is 0.870 bits per heavy atom. The van der Waals surface area contributed by atoms with Crippen molar-refractivity contribution in [3.05, 3.63) is 78.1 Å². The molecule has 0 aliphatic heterocycles. The van der Waals surface area contributed by atoms with Crippen molar-refractivity contribution >= 4 is 17.3 Å². The van der Waals surface area contributed by atoms with Gasteiger partial charge in [0.05, 0.1) is 0 Å². The fourth-order valence-electron chi connectivity index (χ4n) is 2.37. The van der Waals surface area contributed by atoms with Crippen molar-refractivity contribution < 1.29 is 0 Å². The van der Waals surface area contributed by atoms with Gasteiger partial charge in [-0.15, -0.1) is 0 Å². The lowest BCUT2D eigenvalue weighted by molar-refractivity contribution is 1.000. The molecule has 0 spiro atoms. The Morgan fingerprint density at radius 2 is 1.70 bits per heavy atom. The van der Waals surface area contributed by atoms with Crippen LogP contribution in [0.4, 0.5) is 17.3 Å². The van der Waals surface area contributed by atoms with E-state index in [9.17, 15) is 0 Å². The molecule has 3 aromatic rings. The quantitative estimate of drug-likeness (QED) is 0.717. The predicted octanol–water partition coefficient (Wildman–Crippen LogP) is 4.18. The van der Waals surface area contributed by atoms with Gasteiger partial charge in [-0.2, -0.15) is 0 Å². The average Bonchev–Trinajstić information content (AvgIpc) is 2.56. The van der Waals surface area contributed by atoms with Crippen LogP contribution in [0.3, 0.4) is 0 Å². The lowest BCUT2D eigenvalue weighted by atomic mass is 10.1. The third-order valence-corrected chi connectivity index (χ3v) is 3.52. The molecule has 0 saturated heterocycles. The van der Waals surface area contributed by atoms with Crippen molar-refractivity contribution in [2.45, 2.75) is 13.3 Å². The van der Waals surface area contributed by atoms with Gasteiger partial charge in [0.1, 0.15) is 18.0 Å². The zero-order valence-corrected chi connectivity index (χ0v) is 13.2. The Morgan fingerprint density at radius 3 is 2.52 bits per heavy atom. The van der Waals surface area contributed by atoms with Crippen LogP contribution < -0.4 is 10.6 Å². The highest BCUT2D eigenvalue weighted by Gasteiger charge is 2.00. The molecule has 0 saturated carbocycles. The molecule has 0 atom stereocenters. The maximum absolute atomic E-state index is 4.27. The van der Waals surface area contributed by atoms with E-state index in [1.165, 1.54) is 11.1 Å². The summed E-state index contributed by atoms with van der Waals surface area (Å²) in [6, 6.07) is 20.5. The van der Waals surface area contributed by atoms with Gasteiger partial charge in [-0.25, -0.2) is 9.97 Å². The molecule has 0 unspecified atom stereocenters. The molecule has 116 valence electrons. The van der Waals surface area contributed by atoms with Gasteiger partial charge in [0.15, 0.2) is 0 Å². The molecular weight excluding hydrogens is 284 g/mol. The number of rotatable bonds is 6. The van der Waals surface area contributed by atoms with Gasteiger partial charge in [-0.1, -0.05) is 42.5 Å². The summed E-state index contributed by atoms with van der Waals surface area (Å²) in [6.45, 7) is 2.91. The van der Waals surface area contributed by atoms with Crippen molar-refractivity contribution in [2.75, 3.05) is 17.2 Å². The van der Waals surface area contributed by atoms with E-state index in [0.29, 0.717) is 0 Å². The molecule has 0 aliphatic rings. The Balaban J connectivity index is 1.59. The molecule has 0 aliphatic carbocycles. The van der Waals surface area contributed by atoms with E-state index >= 15 is 0 Å². The predicted molar refractivity (Wildman–Crippen MR) is 95.1 cm³/mol. The molecule has 0 radical (unpaired) electrons. The number of hydrogen-bond acceptors (Lipinski definition) is 4. The van der Waals surface area contributed by atoms with Crippen LogP contribution in [-0.2, 0) is 6.42 Å².